The Morgan fingerprint density at radius 3 is 2.44 bits per heavy atom. The number of amides is 2. The summed E-state index contributed by atoms with van der Waals surface area (Å²) < 4.78 is 26.3. The van der Waals surface area contributed by atoms with Gasteiger partial charge in [0.1, 0.15) is 11.6 Å². The van der Waals surface area contributed by atoms with Crippen molar-refractivity contribution >= 4 is 23.6 Å². The van der Waals surface area contributed by atoms with E-state index in [0.717, 1.165) is 22.8 Å². The molecule has 0 atom stereocenters. The van der Waals surface area contributed by atoms with E-state index in [-0.39, 0.29) is 24.4 Å². The van der Waals surface area contributed by atoms with E-state index in [2.05, 4.69) is 42.7 Å². The van der Waals surface area contributed by atoms with Crippen molar-refractivity contribution in [3.05, 3.63) is 64.7 Å². The molecule has 4 nitrogen and oxygen atoms in total. The second-order valence-electron chi connectivity index (χ2n) is 6.07. The van der Waals surface area contributed by atoms with Crippen LogP contribution in [0.4, 0.5) is 8.78 Å². The first-order valence-corrected chi connectivity index (χ1v) is 9.55. The molecule has 27 heavy (non-hydrogen) atoms. The predicted molar refractivity (Wildman–Crippen MR) is 103 cm³/mol. The van der Waals surface area contributed by atoms with Crippen molar-refractivity contribution in [1.29, 1.82) is 0 Å². The van der Waals surface area contributed by atoms with Gasteiger partial charge in [-0.15, -0.1) is 11.8 Å². The van der Waals surface area contributed by atoms with Crippen molar-refractivity contribution in [1.82, 2.24) is 10.6 Å². The third kappa shape index (κ3) is 6.67. The summed E-state index contributed by atoms with van der Waals surface area (Å²) in [6, 6.07) is 8.98. The maximum absolute atomic E-state index is 13.5. The molecule has 0 bridgehead atoms. The van der Waals surface area contributed by atoms with E-state index in [4.69, 9.17) is 0 Å². The number of hydrogen-bond donors (Lipinski definition) is 2. The molecule has 2 aromatic carbocycles. The van der Waals surface area contributed by atoms with E-state index in [0.29, 0.717) is 12.6 Å². The Labute approximate surface area is 161 Å². The van der Waals surface area contributed by atoms with Gasteiger partial charge >= 0.3 is 0 Å². The monoisotopic (exact) mass is 392 g/mol. The summed E-state index contributed by atoms with van der Waals surface area (Å²) in [7, 11) is 0. The van der Waals surface area contributed by atoms with Crippen LogP contribution >= 0.6 is 11.8 Å². The third-order valence-electron chi connectivity index (χ3n) is 3.98. The minimum Gasteiger partial charge on any atom is -0.355 e. The highest BCUT2D eigenvalue weighted by Crippen LogP contribution is 2.20. The topological polar surface area (TPSA) is 58.2 Å². The number of carbonyl (C=O) groups is 2. The zero-order valence-electron chi connectivity index (χ0n) is 15.3. The van der Waals surface area contributed by atoms with Crippen LogP contribution in [-0.4, -0.2) is 30.7 Å². The maximum Gasteiger partial charge on any atom is 0.254 e. The van der Waals surface area contributed by atoms with Gasteiger partial charge in [-0.1, -0.05) is 6.07 Å². The Morgan fingerprint density at radius 2 is 1.74 bits per heavy atom. The maximum atomic E-state index is 13.5. The summed E-state index contributed by atoms with van der Waals surface area (Å²) in [5.74, 6) is -1.81. The van der Waals surface area contributed by atoms with E-state index in [1.165, 1.54) is 11.1 Å². The quantitative estimate of drug-likeness (QED) is 0.533. The Kier molecular flexibility index (Phi) is 7.79. The summed E-state index contributed by atoms with van der Waals surface area (Å²) in [5.41, 5.74) is 2.23. The van der Waals surface area contributed by atoms with Crippen molar-refractivity contribution in [3.8, 4) is 0 Å². The normalized spacial score (nSPS) is 10.5. The van der Waals surface area contributed by atoms with Gasteiger partial charge in [0, 0.05) is 36.2 Å². The molecule has 0 aromatic heterocycles. The van der Waals surface area contributed by atoms with Crippen molar-refractivity contribution in [3.63, 3.8) is 0 Å². The Hall–Kier alpha value is -2.41. The molecule has 0 aliphatic rings. The fourth-order valence-electron chi connectivity index (χ4n) is 2.31. The molecule has 0 aliphatic carbocycles. The Bertz CT molecular complexity index is 828. The number of carbonyl (C=O) groups excluding carboxylic acids is 2. The molecule has 2 rings (SSSR count). The van der Waals surface area contributed by atoms with Crippen LogP contribution < -0.4 is 10.6 Å². The van der Waals surface area contributed by atoms with Crippen molar-refractivity contribution in [2.75, 3.05) is 18.8 Å². The molecule has 0 spiro atoms. The molecular weight excluding hydrogens is 370 g/mol. The highest BCUT2D eigenvalue weighted by atomic mass is 32.2. The summed E-state index contributed by atoms with van der Waals surface area (Å²) >= 11 is 1.66. The lowest BCUT2D eigenvalue weighted by atomic mass is 10.1. The molecule has 2 aromatic rings. The van der Waals surface area contributed by atoms with Crippen molar-refractivity contribution < 1.29 is 18.4 Å². The van der Waals surface area contributed by atoms with E-state index >= 15 is 0 Å². The summed E-state index contributed by atoms with van der Waals surface area (Å²) in [4.78, 5) is 24.8. The lowest BCUT2D eigenvalue weighted by Gasteiger charge is -2.08. The van der Waals surface area contributed by atoms with Crippen LogP contribution in [0.25, 0.3) is 0 Å². The highest BCUT2D eigenvalue weighted by molar-refractivity contribution is 7.99. The van der Waals surface area contributed by atoms with E-state index in [9.17, 15) is 18.4 Å². The van der Waals surface area contributed by atoms with E-state index in [1.54, 1.807) is 11.8 Å². The second-order valence-corrected chi connectivity index (χ2v) is 7.24. The number of benzene rings is 2. The number of halogens is 2. The smallest absolute Gasteiger partial charge is 0.254 e. The molecule has 144 valence electrons. The first-order chi connectivity index (χ1) is 12.9. The van der Waals surface area contributed by atoms with Gasteiger partial charge in [-0.25, -0.2) is 8.78 Å². The Morgan fingerprint density at radius 1 is 0.963 bits per heavy atom. The molecule has 7 heteroatoms. The second kappa shape index (κ2) is 10.1. The van der Waals surface area contributed by atoms with Crippen LogP contribution in [0, 0.1) is 25.5 Å². The molecule has 0 saturated carbocycles. The first kappa shape index (κ1) is 20.9. The van der Waals surface area contributed by atoms with Crippen LogP contribution in [0.2, 0.25) is 0 Å². The number of hydrogen-bond acceptors (Lipinski definition) is 3. The van der Waals surface area contributed by atoms with Gasteiger partial charge in [-0.2, -0.15) is 0 Å². The van der Waals surface area contributed by atoms with Gasteiger partial charge in [-0.05, 0) is 49.2 Å². The fraction of sp³-hybridized carbons (Fsp3) is 0.300. The summed E-state index contributed by atoms with van der Waals surface area (Å²) in [6.45, 7) is 4.71. The van der Waals surface area contributed by atoms with Crippen molar-refractivity contribution in [2.45, 2.75) is 25.2 Å². The van der Waals surface area contributed by atoms with Gasteiger partial charge < -0.3 is 10.6 Å². The summed E-state index contributed by atoms with van der Waals surface area (Å²) in [6.07, 6.45) is 0.0862. The molecular formula is C20H22F2N2O2S. The summed E-state index contributed by atoms with van der Waals surface area (Å²) in [5, 5.41) is 5.23. The molecule has 2 amide bonds. The molecule has 0 radical (unpaired) electrons. The fourth-order valence-corrected chi connectivity index (χ4v) is 3.17. The highest BCUT2D eigenvalue weighted by Gasteiger charge is 2.12. The number of aryl methyl sites for hydroxylation is 2. The number of thioether (sulfide) groups is 1. The van der Waals surface area contributed by atoms with Gasteiger partial charge in [-0.3, -0.25) is 9.59 Å². The zero-order chi connectivity index (χ0) is 19.8. The van der Waals surface area contributed by atoms with Gasteiger partial charge in [0.15, 0.2) is 0 Å². The number of rotatable bonds is 8. The zero-order valence-corrected chi connectivity index (χ0v) is 16.1. The minimum atomic E-state index is -0.930. The van der Waals surface area contributed by atoms with Crippen LogP contribution in [0.3, 0.4) is 0 Å². The van der Waals surface area contributed by atoms with Crippen LogP contribution in [-0.2, 0) is 4.79 Å². The SMILES string of the molecule is Cc1ccc(SCCNC(=O)CCNC(=O)c2ccc(F)cc2F)cc1C. The van der Waals surface area contributed by atoms with Crippen LogP contribution in [0.5, 0.6) is 0 Å². The molecule has 0 unspecified atom stereocenters. The lowest BCUT2D eigenvalue weighted by Crippen LogP contribution is -2.32. The lowest BCUT2D eigenvalue weighted by molar-refractivity contribution is -0.120. The molecule has 0 aliphatic heterocycles. The van der Waals surface area contributed by atoms with Gasteiger partial charge in [0.25, 0.3) is 5.91 Å². The predicted octanol–water partition coefficient (Wildman–Crippen LogP) is 3.61. The average molecular weight is 392 g/mol. The average Bonchev–Trinajstić information content (AvgIpc) is 2.61. The Balaban J connectivity index is 1.64. The molecule has 0 heterocycles. The van der Waals surface area contributed by atoms with E-state index in [1.807, 2.05) is 0 Å². The molecule has 2 N–H and O–H groups in total. The molecule has 0 fully saturated rings. The van der Waals surface area contributed by atoms with Crippen LogP contribution in [0.1, 0.15) is 27.9 Å². The van der Waals surface area contributed by atoms with Crippen LogP contribution in [0.15, 0.2) is 41.3 Å². The third-order valence-corrected chi connectivity index (χ3v) is 4.98. The van der Waals surface area contributed by atoms with Gasteiger partial charge in [0.2, 0.25) is 5.91 Å². The van der Waals surface area contributed by atoms with Gasteiger partial charge in [0.05, 0.1) is 5.56 Å². The van der Waals surface area contributed by atoms with Crippen molar-refractivity contribution in [2.24, 2.45) is 0 Å². The van der Waals surface area contributed by atoms with E-state index < -0.39 is 17.5 Å². The standard InChI is InChI=1S/C20H22F2N2O2S/c1-13-3-5-16(11-14(13)2)27-10-9-23-19(25)7-8-24-20(26)17-6-4-15(21)12-18(17)22/h3-6,11-12H,7-10H2,1-2H3,(H,23,25)(H,24,26). The largest absolute Gasteiger partial charge is 0.355 e. The minimum absolute atomic E-state index is 0.0752. The molecule has 0 saturated heterocycles. The number of nitrogens with one attached hydrogen (secondary N) is 2. The first-order valence-electron chi connectivity index (χ1n) is 8.57.